The van der Waals surface area contributed by atoms with Gasteiger partial charge in [0.1, 0.15) is 0 Å². The number of likely N-dealkylation sites (N-methyl/N-ethyl adjacent to an activating group) is 1. The second kappa shape index (κ2) is 6.62. The molecule has 2 aromatic carbocycles. The van der Waals surface area contributed by atoms with Gasteiger partial charge in [-0.2, -0.15) is 0 Å². The van der Waals surface area contributed by atoms with E-state index in [1.165, 1.54) is 5.56 Å². The van der Waals surface area contributed by atoms with Crippen molar-refractivity contribution >= 4 is 34.8 Å². The van der Waals surface area contributed by atoms with Crippen LogP contribution in [0.1, 0.15) is 17.2 Å². The Balaban J connectivity index is 2.22. The summed E-state index contributed by atoms with van der Waals surface area (Å²) in [6, 6.07) is 13.6. The van der Waals surface area contributed by atoms with Crippen molar-refractivity contribution in [1.82, 2.24) is 5.32 Å². The first-order valence-corrected chi connectivity index (χ1v) is 7.10. The van der Waals surface area contributed by atoms with E-state index in [0.717, 1.165) is 17.0 Å². The van der Waals surface area contributed by atoms with Crippen LogP contribution in [0.15, 0.2) is 42.5 Å². The highest BCUT2D eigenvalue weighted by Gasteiger charge is 2.13. The zero-order valence-electron chi connectivity index (χ0n) is 10.5. The zero-order chi connectivity index (χ0) is 13.8. The van der Waals surface area contributed by atoms with E-state index < -0.39 is 0 Å². The van der Waals surface area contributed by atoms with Crippen molar-refractivity contribution in [3.63, 3.8) is 0 Å². The van der Waals surface area contributed by atoms with Crippen molar-refractivity contribution in [2.45, 2.75) is 12.5 Å². The zero-order valence-corrected chi connectivity index (χ0v) is 12.7. The van der Waals surface area contributed by atoms with Gasteiger partial charge in [0.2, 0.25) is 0 Å². The SMILES string of the molecule is CNC(Cc1ccc(Cl)cc1)c1ccc(Cl)cc1Cl. The Labute approximate surface area is 128 Å². The molecular weight excluding hydrogens is 301 g/mol. The summed E-state index contributed by atoms with van der Waals surface area (Å²) in [5.74, 6) is 0. The molecule has 1 nitrogen and oxygen atoms in total. The Morgan fingerprint density at radius 1 is 0.947 bits per heavy atom. The van der Waals surface area contributed by atoms with Crippen LogP contribution in [0, 0.1) is 0 Å². The summed E-state index contributed by atoms with van der Waals surface area (Å²) in [6.45, 7) is 0. The third-order valence-corrected chi connectivity index (χ3v) is 3.85. The minimum atomic E-state index is 0.144. The molecule has 0 fully saturated rings. The standard InChI is InChI=1S/C15H14Cl3N/c1-19-15(8-10-2-4-11(16)5-3-10)13-7-6-12(17)9-14(13)18/h2-7,9,15,19H,8H2,1H3. The van der Waals surface area contributed by atoms with Gasteiger partial charge in [-0.1, -0.05) is 53.0 Å². The Morgan fingerprint density at radius 3 is 2.16 bits per heavy atom. The van der Waals surface area contributed by atoms with E-state index in [4.69, 9.17) is 34.8 Å². The predicted molar refractivity (Wildman–Crippen MR) is 83.4 cm³/mol. The van der Waals surface area contributed by atoms with Crippen LogP contribution in [0.4, 0.5) is 0 Å². The lowest BCUT2D eigenvalue weighted by molar-refractivity contribution is 0.592. The monoisotopic (exact) mass is 313 g/mol. The van der Waals surface area contributed by atoms with Gasteiger partial charge in [-0.3, -0.25) is 0 Å². The Morgan fingerprint density at radius 2 is 1.58 bits per heavy atom. The number of hydrogen-bond acceptors (Lipinski definition) is 1. The van der Waals surface area contributed by atoms with Gasteiger partial charge in [-0.05, 0) is 48.9 Å². The molecule has 0 bridgehead atoms. The van der Waals surface area contributed by atoms with Gasteiger partial charge in [0.05, 0.1) is 0 Å². The van der Waals surface area contributed by atoms with Crippen LogP contribution in [-0.4, -0.2) is 7.05 Å². The number of halogens is 3. The molecule has 1 unspecified atom stereocenters. The molecule has 0 aromatic heterocycles. The summed E-state index contributed by atoms with van der Waals surface area (Å²) < 4.78 is 0. The van der Waals surface area contributed by atoms with Crippen LogP contribution in [0.3, 0.4) is 0 Å². The van der Waals surface area contributed by atoms with Crippen LogP contribution >= 0.6 is 34.8 Å². The van der Waals surface area contributed by atoms with Crippen LogP contribution in [0.5, 0.6) is 0 Å². The summed E-state index contributed by atoms with van der Waals surface area (Å²) in [6.07, 6.45) is 0.842. The molecule has 0 aliphatic rings. The molecule has 0 amide bonds. The highest BCUT2D eigenvalue weighted by Crippen LogP contribution is 2.28. The lowest BCUT2D eigenvalue weighted by atomic mass is 9.99. The van der Waals surface area contributed by atoms with Gasteiger partial charge in [0.25, 0.3) is 0 Å². The summed E-state index contributed by atoms with van der Waals surface area (Å²) in [5, 5.41) is 5.36. The van der Waals surface area contributed by atoms with Crippen LogP contribution in [-0.2, 0) is 6.42 Å². The minimum absolute atomic E-state index is 0.144. The molecule has 0 aliphatic heterocycles. The van der Waals surface area contributed by atoms with Gasteiger partial charge < -0.3 is 5.32 Å². The van der Waals surface area contributed by atoms with Crippen molar-refractivity contribution in [3.8, 4) is 0 Å². The molecule has 4 heteroatoms. The molecule has 19 heavy (non-hydrogen) atoms. The molecule has 1 N–H and O–H groups in total. The lowest BCUT2D eigenvalue weighted by Gasteiger charge is -2.18. The van der Waals surface area contributed by atoms with E-state index in [-0.39, 0.29) is 6.04 Å². The maximum absolute atomic E-state index is 6.25. The van der Waals surface area contributed by atoms with E-state index in [1.807, 2.05) is 43.4 Å². The van der Waals surface area contributed by atoms with E-state index in [2.05, 4.69) is 5.32 Å². The van der Waals surface area contributed by atoms with Crippen molar-refractivity contribution in [3.05, 3.63) is 68.7 Å². The first kappa shape index (κ1) is 14.7. The average Bonchev–Trinajstić information content (AvgIpc) is 2.39. The molecule has 2 rings (SSSR count). The molecule has 1 atom stereocenters. The molecule has 0 spiro atoms. The van der Waals surface area contributed by atoms with Crippen LogP contribution in [0.25, 0.3) is 0 Å². The first-order valence-electron chi connectivity index (χ1n) is 5.97. The van der Waals surface area contributed by atoms with Crippen LogP contribution < -0.4 is 5.32 Å². The Kier molecular flexibility index (Phi) is 5.12. The molecule has 0 heterocycles. The van der Waals surface area contributed by atoms with Crippen molar-refractivity contribution in [2.24, 2.45) is 0 Å². The van der Waals surface area contributed by atoms with Gasteiger partial charge >= 0.3 is 0 Å². The Hall–Kier alpha value is -0.730. The third kappa shape index (κ3) is 3.87. The quantitative estimate of drug-likeness (QED) is 0.823. The predicted octanol–water partition coefficient (Wildman–Crippen LogP) is 5.15. The molecule has 0 saturated carbocycles. The number of nitrogens with one attached hydrogen (secondary N) is 1. The maximum atomic E-state index is 6.25. The summed E-state index contributed by atoms with van der Waals surface area (Å²) in [5.41, 5.74) is 2.25. The van der Waals surface area contributed by atoms with Crippen molar-refractivity contribution in [1.29, 1.82) is 0 Å². The maximum Gasteiger partial charge on any atom is 0.0468 e. The van der Waals surface area contributed by atoms with E-state index in [1.54, 1.807) is 6.07 Å². The summed E-state index contributed by atoms with van der Waals surface area (Å²) >= 11 is 18.1. The molecule has 0 radical (unpaired) electrons. The number of rotatable bonds is 4. The second-order valence-electron chi connectivity index (χ2n) is 4.34. The second-order valence-corrected chi connectivity index (χ2v) is 5.62. The third-order valence-electron chi connectivity index (χ3n) is 3.04. The molecule has 2 aromatic rings. The van der Waals surface area contributed by atoms with Crippen molar-refractivity contribution < 1.29 is 0 Å². The fourth-order valence-electron chi connectivity index (χ4n) is 2.01. The smallest absolute Gasteiger partial charge is 0.0468 e. The minimum Gasteiger partial charge on any atom is -0.313 e. The average molecular weight is 315 g/mol. The van der Waals surface area contributed by atoms with E-state index in [9.17, 15) is 0 Å². The highest BCUT2D eigenvalue weighted by atomic mass is 35.5. The summed E-state index contributed by atoms with van der Waals surface area (Å²) in [7, 11) is 1.92. The molecule has 0 saturated heterocycles. The molecule has 100 valence electrons. The van der Waals surface area contributed by atoms with Crippen LogP contribution in [0.2, 0.25) is 15.1 Å². The fraction of sp³-hybridized carbons (Fsp3) is 0.200. The topological polar surface area (TPSA) is 12.0 Å². The lowest BCUT2D eigenvalue weighted by Crippen LogP contribution is -2.19. The molecular formula is C15H14Cl3N. The van der Waals surface area contributed by atoms with Gasteiger partial charge in [0.15, 0.2) is 0 Å². The number of benzene rings is 2. The van der Waals surface area contributed by atoms with E-state index in [0.29, 0.717) is 10.0 Å². The van der Waals surface area contributed by atoms with Gasteiger partial charge in [-0.15, -0.1) is 0 Å². The Bertz CT molecular complexity index is 552. The summed E-state index contributed by atoms with van der Waals surface area (Å²) in [4.78, 5) is 0. The number of hydrogen-bond donors (Lipinski definition) is 1. The normalized spacial score (nSPS) is 12.4. The fourth-order valence-corrected chi connectivity index (χ4v) is 2.67. The highest BCUT2D eigenvalue weighted by molar-refractivity contribution is 6.35. The largest absolute Gasteiger partial charge is 0.313 e. The van der Waals surface area contributed by atoms with E-state index >= 15 is 0 Å². The van der Waals surface area contributed by atoms with Gasteiger partial charge in [-0.25, -0.2) is 0 Å². The first-order chi connectivity index (χ1) is 9.10. The van der Waals surface area contributed by atoms with Gasteiger partial charge in [0, 0.05) is 21.1 Å². The molecule has 0 aliphatic carbocycles. The van der Waals surface area contributed by atoms with Crippen molar-refractivity contribution in [2.75, 3.05) is 7.05 Å².